The minimum Gasteiger partial charge on any atom is -0.463 e. The monoisotopic (exact) mass is 583 g/mol. The van der Waals surface area contributed by atoms with Crippen LogP contribution in [0.5, 0.6) is 0 Å². The summed E-state index contributed by atoms with van der Waals surface area (Å²) in [6, 6.07) is 5.15. The number of carbonyl (C=O) groups excluding carboxylic acids is 5. The Morgan fingerprint density at radius 1 is 1.02 bits per heavy atom. The van der Waals surface area contributed by atoms with Crippen LogP contribution in [-0.2, 0) is 41.5 Å². The van der Waals surface area contributed by atoms with Gasteiger partial charge >= 0.3 is 12.1 Å². The third-order valence-corrected chi connectivity index (χ3v) is 8.98. The first-order valence-corrected chi connectivity index (χ1v) is 14.8. The van der Waals surface area contributed by atoms with Crippen molar-refractivity contribution in [1.82, 2.24) is 15.5 Å². The molecule has 1 saturated heterocycles. The van der Waals surface area contributed by atoms with Crippen molar-refractivity contribution in [3.05, 3.63) is 35.4 Å². The van der Waals surface area contributed by atoms with Crippen LogP contribution in [0.3, 0.4) is 0 Å². The van der Waals surface area contributed by atoms with Gasteiger partial charge in [0.05, 0.1) is 13.2 Å². The second-order valence-corrected chi connectivity index (χ2v) is 14.0. The summed E-state index contributed by atoms with van der Waals surface area (Å²) in [4.78, 5) is 67.7. The number of benzene rings is 1. The number of methoxy groups -OCH3 is 1. The Kier molecular flexibility index (Phi) is 8.77. The highest BCUT2D eigenvalue weighted by atomic mass is 16.6. The van der Waals surface area contributed by atoms with Crippen molar-refractivity contribution >= 4 is 29.7 Å². The molecule has 230 valence electrons. The molecular weight excluding hydrogens is 538 g/mol. The first kappa shape index (κ1) is 31.5. The Bertz CT molecular complexity index is 1230. The van der Waals surface area contributed by atoms with Crippen LogP contribution in [0.2, 0.25) is 0 Å². The molecule has 3 aliphatic rings. The van der Waals surface area contributed by atoms with Crippen molar-refractivity contribution in [1.29, 1.82) is 0 Å². The van der Waals surface area contributed by atoms with Gasteiger partial charge < -0.3 is 25.0 Å². The lowest BCUT2D eigenvalue weighted by Crippen LogP contribution is -2.59. The lowest BCUT2D eigenvalue weighted by molar-refractivity contribution is -0.153. The van der Waals surface area contributed by atoms with Crippen molar-refractivity contribution in [2.45, 2.75) is 91.5 Å². The second kappa shape index (κ2) is 11.7. The summed E-state index contributed by atoms with van der Waals surface area (Å²) in [5.74, 6) is -2.89. The quantitative estimate of drug-likeness (QED) is 0.338. The second-order valence-electron chi connectivity index (χ2n) is 14.0. The molecule has 2 aliphatic carbocycles. The molecule has 0 aromatic heterocycles. The largest absolute Gasteiger partial charge is 0.463 e. The van der Waals surface area contributed by atoms with E-state index in [4.69, 9.17) is 4.74 Å². The van der Waals surface area contributed by atoms with Gasteiger partial charge in [0.25, 0.3) is 5.78 Å². The van der Waals surface area contributed by atoms with Crippen LogP contribution >= 0.6 is 0 Å². The number of nitrogens with zero attached hydrogens (tertiary/aromatic N) is 1. The zero-order chi connectivity index (χ0) is 31.1. The van der Waals surface area contributed by atoms with Gasteiger partial charge in [-0.25, -0.2) is 9.59 Å². The molecule has 1 aromatic carbocycles. The zero-order valence-electron chi connectivity index (χ0n) is 26.0. The molecule has 0 radical (unpaired) electrons. The van der Waals surface area contributed by atoms with Crippen LogP contribution in [0.4, 0.5) is 4.79 Å². The average Bonchev–Trinajstić information content (AvgIpc) is 3.27. The molecule has 1 unspecified atom stereocenters. The lowest BCUT2D eigenvalue weighted by atomic mass is 9.93. The normalized spacial score (nSPS) is 23.8. The molecule has 0 bridgehead atoms. The molecule has 2 fully saturated rings. The first-order valence-electron chi connectivity index (χ1n) is 14.8. The molecular formula is C32H45N3O7. The Balaban J connectivity index is 1.61. The molecule has 42 heavy (non-hydrogen) atoms. The molecule has 2 N–H and O–H groups in total. The Morgan fingerprint density at radius 3 is 2.14 bits per heavy atom. The van der Waals surface area contributed by atoms with Crippen LogP contribution in [0.15, 0.2) is 24.3 Å². The van der Waals surface area contributed by atoms with E-state index in [0.717, 1.165) is 18.2 Å². The van der Waals surface area contributed by atoms with E-state index < -0.39 is 47.5 Å². The third-order valence-electron chi connectivity index (χ3n) is 8.98. The number of piperidine rings is 1. The van der Waals surface area contributed by atoms with E-state index in [9.17, 15) is 24.0 Å². The summed E-state index contributed by atoms with van der Waals surface area (Å²) in [5, 5.41) is 5.63. The number of nitrogens with one attached hydrogen (secondary N) is 2. The van der Waals surface area contributed by atoms with Gasteiger partial charge in [-0.2, -0.15) is 0 Å². The smallest absolute Gasteiger partial charge is 0.408 e. The molecule has 5 atom stereocenters. The van der Waals surface area contributed by atoms with E-state index in [1.165, 1.54) is 0 Å². The van der Waals surface area contributed by atoms with Crippen molar-refractivity contribution < 1.29 is 33.4 Å². The highest BCUT2D eigenvalue weighted by molar-refractivity contribution is 6.36. The molecule has 3 amide bonds. The molecule has 4 rings (SSSR count). The minimum atomic E-state index is -1.07. The number of fused-ring (bicyclic) bond motifs is 2. The lowest BCUT2D eigenvalue weighted by Gasteiger charge is -2.35. The number of amides is 3. The maximum Gasteiger partial charge on any atom is 0.408 e. The molecule has 1 heterocycles. The van der Waals surface area contributed by atoms with E-state index in [1.54, 1.807) is 25.7 Å². The summed E-state index contributed by atoms with van der Waals surface area (Å²) in [6.45, 7) is 13.6. The number of hydrogen-bond acceptors (Lipinski definition) is 7. The number of ether oxygens (including phenoxy) is 2. The van der Waals surface area contributed by atoms with Crippen LogP contribution in [-0.4, -0.2) is 71.9 Å². The molecule has 1 saturated carbocycles. The predicted molar refractivity (Wildman–Crippen MR) is 155 cm³/mol. The fourth-order valence-corrected chi connectivity index (χ4v) is 6.84. The summed E-state index contributed by atoms with van der Waals surface area (Å²) < 4.78 is 10.2. The molecule has 10 nitrogen and oxygen atoms in total. The fourth-order valence-electron chi connectivity index (χ4n) is 6.84. The van der Waals surface area contributed by atoms with E-state index in [2.05, 4.69) is 29.2 Å². The van der Waals surface area contributed by atoms with Gasteiger partial charge in [-0.15, -0.1) is 0 Å². The van der Waals surface area contributed by atoms with Gasteiger partial charge in [0.15, 0.2) is 0 Å². The maximum absolute atomic E-state index is 14.4. The van der Waals surface area contributed by atoms with E-state index in [1.807, 2.05) is 38.1 Å². The number of esters is 1. The number of carbonyl (C=O) groups is 5. The Hall–Kier alpha value is -3.43. The summed E-state index contributed by atoms with van der Waals surface area (Å²) >= 11 is 0. The van der Waals surface area contributed by atoms with Crippen LogP contribution < -0.4 is 10.6 Å². The number of hydrogen-bond donors (Lipinski definition) is 2. The van der Waals surface area contributed by atoms with Crippen LogP contribution in [0.1, 0.15) is 66.0 Å². The number of rotatable bonds is 9. The number of alkyl carbamates (subject to hydrolysis) is 1. The summed E-state index contributed by atoms with van der Waals surface area (Å²) in [5.41, 5.74) is 1.33. The van der Waals surface area contributed by atoms with Crippen molar-refractivity contribution in [3.8, 4) is 0 Å². The van der Waals surface area contributed by atoms with Crippen LogP contribution in [0.25, 0.3) is 0 Å². The van der Waals surface area contributed by atoms with Crippen molar-refractivity contribution in [2.75, 3.05) is 13.7 Å². The van der Waals surface area contributed by atoms with E-state index in [-0.39, 0.29) is 41.4 Å². The standard InChI is InChI=1S/C32H45N3O7/c1-17(2)13-22(26(36)29(39)41-8)33-27(37)25-23-21(32(23,6)7)16-35(25)28(38)24(34-30(40)42-31(3,4)5)20-14-18-11-9-10-12-19(18)15-20/h9-12,17,20-25H,13-16H2,1-8H3,(H,33,37)(H,34,40)/t21-,22?,23-,24-,25-/m0/s1. The highest BCUT2D eigenvalue weighted by Gasteiger charge is 2.69. The number of Topliss-reactive ketones (excluding diaryl/α,β-unsaturated/α-hetero) is 1. The predicted octanol–water partition coefficient (Wildman–Crippen LogP) is 3.05. The van der Waals surface area contributed by atoms with E-state index in [0.29, 0.717) is 19.4 Å². The van der Waals surface area contributed by atoms with Crippen molar-refractivity contribution in [3.63, 3.8) is 0 Å². The SMILES string of the molecule is COC(=O)C(=O)C(CC(C)C)NC(=O)[C@@H]1[C@@H]2[C@H](CN1C(=O)[C@@H](NC(=O)OC(C)(C)C)C1Cc3ccccc3C1)C2(C)C. The summed E-state index contributed by atoms with van der Waals surface area (Å²) in [7, 11) is 1.13. The van der Waals surface area contributed by atoms with Gasteiger partial charge in [-0.3, -0.25) is 14.4 Å². The zero-order valence-corrected chi connectivity index (χ0v) is 26.0. The minimum absolute atomic E-state index is 0.0155. The highest BCUT2D eigenvalue weighted by Crippen LogP contribution is 2.65. The van der Waals surface area contributed by atoms with Crippen molar-refractivity contribution in [2.24, 2.45) is 29.1 Å². The van der Waals surface area contributed by atoms with Gasteiger partial charge in [0, 0.05) is 6.54 Å². The average molecular weight is 584 g/mol. The van der Waals surface area contributed by atoms with Gasteiger partial charge in [-0.1, -0.05) is 52.0 Å². The Morgan fingerprint density at radius 2 is 1.62 bits per heavy atom. The summed E-state index contributed by atoms with van der Waals surface area (Å²) in [6.07, 6.45) is 0.773. The van der Waals surface area contributed by atoms with E-state index >= 15 is 0 Å². The number of ketones is 1. The molecule has 1 aromatic rings. The third kappa shape index (κ3) is 6.47. The first-order chi connectivity index (χ1) is 19.5. The maximum atomic E-state index is 14.4. The van der Waals surface area contributed by atoms with Gasteiger partial charge in [-0.05, 0) is 80.2 Å². The fraction of sp³-hybridized carbons (Fsp3) is 0.656. The molecule has 1 aliphatic heterocycles. The van der Waals surface area contributed by atoms with Gasteiger partial charge in [0.2, 0.25) is 11.8 Å². The Labute approximate surface area is 248 Å². The van der Waals surface area contributed by atoms with Crippen LogP contribution in [0, 0.1) is 29.1 Å². The molecule has 0 spiro atoms. The topological polar surface area (TPSA) is 131 Å². The molecule has 10 heteroatoms. The number of likely N-dealkylation sites (tertiary alicyclic amines) is 1. The van der Waals surface area contributed by atoms with Gasteiger partial charge in [0.1, 0.15) is 17.7 Å².